The summed E-state index contributed by atoms with van der Waals surface area (Å²) in [7, 11) is 0. The fraction of sp³-hybridized carbons (Fsp3) is 0.600. The molecule has 1 aromatic carbocycles. The fourth-order valence-corrected chi connectivity index (χ4v) is 2.47. The van der Waals surface area contributed by atoms with Gasteiger partial charge in [-0.3, -0.25) is 0 Å². The molecule has 0 spiro atoms. The Bertz CT molecular complexity index is 302. The molecule has 1 aliphatic rings. The topological polar surface area (TPSA) is 29.5 Å². The monoisotopic (exact) mass is 234 g/mol. The van der Waals surface area contributed by atoms with Crippen molar-refractivity contribution in [2.24, 2.45) is 5.92 Å². The maximum Gasteiger partial charge on any atom is 0.0575 e. The number of benzene rings is 1. The van der Waals surface area contributed by atoms with E-state index in [-0.39, 0.29) is 0 Å². The van der Waals surface area contributed by atoms with Gasteiger partial charge in [0, 0.05) is 6.61 Å². The smallest absolute Gasteiger partial charge is 0.0575 e. The van der Waals surface area contributed by atoms with E-state index in [0.29, 0.717) is 18.6 Å². The molecule has 1 N–H and O–H groups in total. The normalized spacial score (nSPS) is 24.8. The molecular formula is C15H22O2. The lowest BCUT2D eigenvalue weighted by molar-refractivity contribution is 0.0129. The Morgan fingerprint density at radius 2 is 1.76 bits per heavy atom. The van der Waals surface area contributed by atoms with Gasteiger partial charge in [-0.05, 0) is 43.6 Å². The zero-order chi connectivity index (χ0) is 11.9. The molecule has 0 unspecified atom stereocenters. The largest absolute Gasteiger partial charge is 0.396 e. The van der Waals surface area contributed by atoms with Crippen LogP contribution in [0.5, 0.6) is 0 Å². The third kappa shape index (κ3) is 4.14. The Morgan fingerprint density at radius 1 is 1.06 bits per heavy atom. The van der Waals surface area contributed by atoms with Gasteiger partial charge in [0.15, 0.2) is 0 Å². The number of ether oxygens (including phenoxy) is 1. The van der Waals surface area contributed by atoms with Crippen molar-refractivity contribution in [1.82, 2.24) is 0 Å². The van der Waals surface area contributed by atoms with Crippen LogP contribution in [0.15, 0.2) is 30.3 Å². The maximum atomic E-state index is 9.06. The summed E-state index contributed by atoms with van der Waals surface area (Å²) in [6.07, 6.45) is 5.88. The van der Waals surface area contributed by atoms with Gasteiger partial charge in [0.25, 0.3) is 0 Å². The van der Waals surface area contributed by atoms with Crippen molar-refractivity contribution in [1.29, 1.82) is 0 Å². The zero-order valence-electron chi connectivity index (χ0n) is 10.3. The van der Waals surface area contributed by atoms with Crippen molar-refractivity contribution in [3.05, 3.63) is 35.9 Å². The Hall–Kier alpha value is -0.860. The second-order valence-electron chi connectivity index (χ2n) is 4.93. The number of rotatable bonds is 5. The molecular weight excluding hydrogens is 212 g/mol. The van der Waals surface area contributed by atoms with E-state index in [9.17, 15) is 0 Å². The van der Waals surface area contributed by atoms with Gasteiger partial charge >= 0.3 is 0 Å². The summed E-state index contributed by atoms with van der Waals surface area (Å²) in [5, 5.41) is 9.06. The van der Waals surface area contributed by atoms with Crippen molar-refractivity contribution >= 4 is 0 Å². The molecule has 17 heavy (non-hydrogen) atoms. The lowest BCUT2D eigenvalue weighted by Crippen LogP contribution is -2.24. The first-order valence-electron chi connectivity index (χ1n) is 6.65. The highest BCUT2D eigenvalue weighted by Gasteiger charge is 2.20. The van der Waals surface area contributed by atoms with E-state index in [1.54, 1.807) is 0 Å². The summed E-state index contributed by atoms with van der Waals surface area (Å²) in [5.74, 6) is 0.518. The van der Waals surface area contributed by atoms with Crippen molar-refractivity contribution in [3.63, 3.8) is 0 Å². The molecule has 2 rings (SSSR count). The standard InChI is InChI=1S/C15H22O2/c16-12-14-6-8-15(9-7-14)17-11-10-13-4-2-1-3-5-13/h1-5,14-16H,6-12H2. The van der Waals surface area contributed by atoms with Gasteiger partial charge in [-0.15, -0.1) is 0 Å². The summed E-state index contributed by atoms with van der Waals surface area (Å²) in [6.45, 7) is 1.16. The first-order chi connectivity index (χ1) is 8.38. The molecule has 0 aliphatic heterocycles. The first-order valence-corrected chi connectivity index (χ1v) is 6.65. The molecule has 1 aliphatic carbocycles. The highest BCUT2D eigenvalue weighted by atomic mass is 16.5. The third-order valence-electron chi connectivity index (χ3n) is 3.64. The molecule has 0 heterocycles. The van der Waals surface area contributed by atoms with E-state index in [4.69, 9.17) is 9.84 Å². The first kappa shape index (κ1) is 12.6. The van der Waals surface area contributed by atoms with Crippen LogP contribution in [-0.2, 0) is 11.2 Å². The molecule has 0 aromatic heterocycles. The summed E-state index contributed by atoms with van der Waals surface area (Å²) >= 11 is 0. The van der Waals surface area contributed by atoms with Crippen molar-refractivity contribution < 1.29 is 9.84 Å². The SMILES string of the molecule is OCC1CCC(OCCc2ccccc2)CC1. The number of aliphatic hydroxyl groups is 1. The molecule has 2 heteroatoms. The zero-order valence-corrected chi connectivity index (χ0v) is 10.3. The molecule has 0 radical (unpaired) electrons. The van der Waals surface area contributed by atoms with Gasteiger partial charge in [0.05, 0.1) is 12.7 Å². The van der Waals surface area contributed by atoms with Gasteiger partial charge in [-0.1, -0.05) is 30.3 Å². The maximum absolute atomic E-state index is 9.06. The third-order valence-corrected chi connectivity index (χ3v) is 3.64. The Kier molecular flexibility index (Phi) is 5.02. The molecule has 0 bridgehead atoms. The summed E-state index contributed by atoms with van der Waals surface area (Å²) in [4.78, 5) is 0. The molecule has 0 atom stereocenters. The highest BCUT2D eigenvalue weighted by Crippen LogP contribution is 2.25. The van der Waals surface area contributed by atoms with Crippen molar-refractivity contribution in [2.75, 3.05) is 13.2 Å². The number of hydrogen-bond donors (Lipinski definition) is 1. The second kappa shape index (κ2) is 6.77. The average molecular weight is 234 g/mol. The van der Waals surface area contributed by atoms with Crippen LogP contribution in [0.2, 0.25) is 0 Å². The van der Waals surface area contributed by atoms with Gasteiger partial charge in [-0.25, -0.2) is 0 Å². The minimum atomic E-state index is 0.344. The fourth-order valence-electron chi connectivity index (χ4n) is 2.47. The van der Waals surface area contributed by atoms with Crippen LogP contribution >= 0.6 is 0 Å². The van der Waals surface area contributed by atoms with Crippen LogP contribution < -0.4 is 0 Å². The van der Waals surface area contributed by atoms with Crippen LogP contribution in [0.4, 0.5) is 0 Å². The number of hydrogen-bond acceptors (Lipinski definition) is 2. The van der Waals surface area contributed by atoms with E-state index in [0.717, 1.165) is 38.7 Å². The average Bonchev–Trinajstić information content (AvgIpc) is 2.41. The molecule has 0 saturated heterocycles. The van der Waals surface area contributed by atoms with E-state index in [1.807, 2.05) is 6.07 Å². The van der Waals surface area contributed by atoms with Crippen LogP contribution in [0, 0.1) is 5.92 Å². The van der Waals surface area contributed by atoms with E-state index < -0.39 is 0 Å². The summed E-state index contributed by atoms with van der Waals surface area (Å²) in [6, 6.07) is 10.5. The lowest BCUT2D eigenvalue weighted by Gasteiger charge is -2.27. The Morgan fingerprint density at radius 3 is 2.41 bits per heavy atom. The predicted octanol–water partition coefficient (Wildman–Crippen LogP) is 2.80. The molecule has 1 fully saturated rings. The predicted molar refractivity (Wildman–Crippen MR) is 68.9 cm³/mol. The van der Waals surface area contributed by atoms with E-state index in [2.05, 4.69) is 24.3 Å². The molecule has 0 amide bonds. The van der Waals surface area contributed by atoms with E-state index in [1.165, 1.54) is 5.56 Å². The minimum Gasteiger partial charge on any atom is -0.396 e. The van der Waals surface area contributed by atoms with Crippen molar-refractivity contribution in [2.45, 2.75) is 38.2 Å². The molecule has 2 nitrogen and oxygen atoms in total. The van der Waals surface area contributed by atoms with Crippen LogP contribution in [0.3, 0.4) is 0 Å². The Labute approximate surface area is 104 Å². The summed E-state index contributed by atoms with van der Waals surface area (Å²) in [5.41, 5.74) is 1.34. The molecule has 94 valence electrons. The minimum absolute atomic E-state index is 0.344. The number of aliphatic hydroxyl groups excluding tert-OH is 1. The Balaban J connectivity index is 1.63. The lowest BCUT2D eigenvalue weighted by atomic mass is 9.88. The van der Waals surface area contributed by atoms with Crippen LogP contribution in [-0.4, -0.2) is 24.4 Å². The highest BCUT2D eigenvalue weighted by molar-refractivity contribution is 5.14. The van der Waals surface area contributed by atoms with Gasteiger partial charge in [0.1, 0.15) is 0 Å². The molecule has 1 aromatic rings. The van der Waals surface area contributed by atoms with E-state index >= 15 is 0 Å². The van der Waals surface area contributed by atoms with Crippen LogP contribution in [0.25, 0.3) is 0 Å². The quantitative estimate of drug-likeness (QED) is 0.849. The second-order valence-corrected chi connectivity index (χ2v) is 4.93. The summed E-state index contributed by atoms with van der Waals surface area (Å²) < 4.78 is 5.90. The van der Waals surface area contributed by atoms with Crippen molar-refractivity contribution in [3.8, 4) is 0 Å². The van der Waals surface area contributed by atoms with Gasteiger partial charge < -0.3 is 9.84 Å². The van der Waals surface area contributed by atoms with Gasteiger partial charge in [-0.2, -0.15) is 0 Å². The van der Waals surface area contributed by atoms with Gasteiger partial charge in [0.2, 0.25) is 0 Å². The van der Waals surface area contributed by atoms with Crippen LogP contribution in [0.1, 0.15) is 31.2 Å². The molecule has 1 saturated carbocycles.